The summed E-state index contributed by atoms with van der Waals surface area (Å²) in [5.74, 6) is 1.24. The first-order valence-electron chi connectivity index (χ1n) is 8.09. The van der Waals surface area contributed by atoms with Crippen LogP contribution < -0.4 is 4.74 Å². The lowest BCUT2D eigenvalue weighted by atomic mass is 10.1. The van der Waals surface area contributed by atoms with Gasteiger partial charge in [-0.05, 0) is 46.6 Å². The van der Waals surface area contributed by atoms with E-state index in [4.69, 9.17) is 4.74 Å². The standard InChI is InChI=1S/C19H19BrFNO2S/c1-24-13-6-7-16(20)15(12-13)19(23)22-9-8-18(25-11-10-22)14-4-2-3-5-17(14)21/h2-7,12,18H,8-11H2,1H3/t18-/m1/s1. The van der Waals surface area contributed by atoms with E-state index in [2.05, 4.69) is 15.9 Å². The first-order chi connectivity index (χ1) is 12.1. The lowest BCUT2D eigenvalue weighted by Crippen LogP contribution is -2.33. The van der Waals surface area contributed by atoms with E-state index in [1.54, 1.807) is 31.0 Å². The number of thioether (sulfide) groups is 1. The number of amides is 1. The number of hydrogen-bond acceptors (Lipinski definition) is 3. The number of halogens is 2. The fourth-order valence-corrected chi connectivity index (χ4v) is 4.59. The molecule has 0 bridgehead atoms. The van der Waals surface area contributed by atoms with Gasteiger partial charge in [-0.1, -0.05) is 18.2 Å². The molecule has 1 aliphatic heterocycles. The van der Waals surface area contributed by atoms with Gasteiger partial charge in [-0.25, -0.2) is 4.39 Å². The molecule has 0 spiro atoms. The number of carbonyl (C=O) groups excluding carboxylic acids is 1. The summed E-state index contributed by atoms with van der Waals surface area (Å²) in [6.45, 7) is 1.26. The average molecular weight is 424 g/mol. The molecule has 2 aromatic rings. The Morgan fingerprint density at radius 1 is 1.28 bits per heavy atom. The van der Waals surface area contributed by atoms with E-state index >= 15 is 0 Å². The number of methoxy groups -OCH3 is 1. The van der Waals surface area contributed by atoms with Crippen molar-refractivity contribution in [1.82, 2.24) is 4.90 Å². The summed E-state index contributed by atoms with van der Waals surface area (Å²) in [5, 5.41) is 0.0766. The van der Waals surface area contributed by atoms with Crippen LogP contribution in [-0.4, -0.2) is 36.8 Å². The van der Waals surface area contributed by atoms with E-state index in [9.17, 15) is 9.18 Å². The Kier molecular flexibility index (Phi) is 6.02. The zero-order valence-electron chi connectivity index (χ0n) is 13.9. The van der Waals surface area contributed by atoms with Gasteiger partial charge in [-0.3, -0.25) is 4.79 Å². The SMILES string of the molecule is COc1ccc(Br)c(C(=O)N2CCS[C@@H](c3ccccc3F)CC2)c1. The summed E-state index contributed by atoms with van der Waals surface area (Å²) in [7, 11) is 1.58. The first kappa shape index (κ1) is 18.3. The fraction of sp³-hybridized carbons (Fsp3) is 0.316. The van der Waals surface area contributed by atoms with Crippen LogP contribution in [0.1, 0.15) is 27.6 Å². The Balaban J connectivity index is 1.75. The molecule has 0 saturated carbocycles. The highest BCUT2D eigenvalue weighted by molar-refractivity contribution is 9.10. The molecule has 1 aliphatic rings. The molecule has 0 aromatic heterocycles. The monoisotopic (exact) mass is 423 g/mol. The van der Waals surface area contributed by atoms with E-state index in [0.29, 0.717) is 24.4 Å². The van der Waals surface area contributed by atoms with E-state index < -0.39 is 0 Å². The molecule has 0 aliphatic carbocycles. The zero-order valence-corrected chi connectivity index (χ0v) is 16.3. The number of benzene rings is 2. The quantitative estimate of drug-likeness (QED) is 0.701. The molecular weight excluding hydrogens is 405 g/mol. The van der Waals surface area contributed by atoms with Crippen molar-refractivity contribution < 1.29 is 13.9 Å². The van der Waals surface area contributed by atoms with Crippen molar-refractivity contribution in [2.24, 2.45) is 0 Å². The predicted octanol–water partition coefficient (Wildman–Crippen LogP) is 4.92. The molecule has 3 rings (SSSR count). The minimum absolute atomic E-state index is 0.0273. The molecule has 1 atom stereocenters. The molecule has 1 amide bonds. The van der Waals surface area contributed by atoms with Crippen molar-refractivity contribution >= 4 is 33.6 Å². The Bertz CT molecular complexity index is 771. The number of rotatable bonds is 3. The van der Waals surface area contributed by atoms with Crippen LogP contribution in [0.15, 0.2) is 46.9 Å². The average Bonchev–Trinajstić information content (AvgIpc) is 2.88. The summed E-state index contributed by atoms with van der Waals surface area (Å²) in [4.78, 5) is 14.7. The Labute approximate surface area is 159 Å². The highest BCUT2D eigenvalue weighted by atomic mass is 79.9. The first-order valence-corrected chi connectivity index (χ1v) is 9.93. The topological polar surface area (TPSA) is 29.5 Å². The summed E-state index contributed by atoms with van der Waals surface area (Å²) in [6, 6.07) is 12.3. The maximum absolute atomic E-state index is 14.0. The second-order valence-electron chi connectivity index (χ2n) is 5.81. The fourth-order valence-electron chi connectivity index (χ4n) is 2.92. The Morgan fingerprint density at radius 3 is 2.84 bits per heavy atom. The van der Waals surface area contributed by atoms with Crippen LogP contribution in [0.5, 0.6) is 5.75 Å². The van der Waals surface area contributed by atoms with Gasteiger partial charge in [0.25, 0.3) is 5.91 Å². The Hall–Kier alpha value is -1.53. The van der Waals surface area contributed by atoms with Crippen LogP contribution in [0.2, 0.25) is 0 Å². The third-order valence-electron chi connectivity index (χ3n) is 4.28. The zero-order chi connectivity index (χ0) is 17.8. The Morgan fingerprint density at radius 2 is 2.08 bits per heavy atom. The lowest BCUT2D eigenvalue weighted by Gasteiger charge is -2.21. The molecule has 3 nitrogen and oxygen atoms in total. The smallest absolute Gasteiger partial charge is 0.255 e. The second kappa shape index (κ2) is 8.23. The highest BCUT2D eigenvalue weighted by Gasteiger charge is 2.25. The van der Waals surface area contributed by atoms with Gasteiger partial charge in [0.2, 0.25) is 0 Å². The summed E-state index contributed by atoms with van der Waals surface area (Å²) < 4.78 is 20.0. The molecule has 0 unspecified atom stereocenters. The molecule has 1 heterocycles. The molecule has 0 N–H and O–H groups in total. The molecular formula is C19H19BrFNO2S. The van der Waals surface area contributed by atoms with Gasteiger partial charge in [0, 0.05) is 34.1 Å². The maximum Gasteiger partial charge on any atom is 0.255 e. The van der Waals surface area contributed by atoms with E-state index in [1.165, 1.54) is 6.07 Å². The summed E-state index contributed by atoms with van der Waals surface area (Å²) in [6.07, 6.45) is 0.735. The van der Waals surface area contributed by atoms with E-state index in [0.717, 1.165) is 22.2 Å². The van der Waals surface area contributed by atoms with Crippen LogP contribution >= 0.6 is 27.7 Å². The van der Waals surface area contributed by atoms with Gasteiger partial charge in [-0.2, -0.15) is 11.8 Å². The van der Waals surface area contributed by atoms with Gasteiger partial charge in [0.05, 0.1) is 12.7 Å². The summed E-state index contributed by atoms with van der Waals surface area (Å²) >= 11 is 5.16. The maximum atomic E-state index is 14.0. The van der Waals surface area contributed by atoms with Crippen LogP contribution in [0.25, 0.3) is 0 Å². The normalized spacial score (nSPS) is 17.9. The molecule has 0 radical (unpaired) electrons. The van der Waals surface area contributed by atoms with Crippen molar-refractivity contribution in [3.05, 3.63) is 63.9 Å². The van der Waals surface area contributed by atoms with Gasteiger partial charge >= 0.3 is 0 Å². The van der Waals surface area contributed by atoms with Crippen LogP contribution in [0.4, 0.5) is 4.39 Å². The highest BCUT2D eigenvalue weighted by Crippen LogP contribution is 2.36. The largest absolute Gasteiger partial charge is 0.497 e. The van der Waals surface area contributed by atoms with Crippen LogP contribution in [0, 0.1) is 5.82 Å². The molecule has 6 heteroatoms. The van der Waals surface area contributed by atoms with Crippen molar-refractivity contribution in [2.75, 3.05) is 26.0 Å². The number of nitrogens with zero attached hydrogens (tertiary/aromatic N) is 1. The molecule has 132 valence electrons. The minimum Gasteiger partial charge on any atom is -0.497 e. The molecule has 25 heavy (non-hydrogen) atoms. The van der Waals surface area contributed by atoms with Crippen molar-refractivity contribution in [2.45, 2.75) is 11.7 Å². The minimum atomic E-state index is -0.171. The third-order valence-corrected chi connectivity index (χ3v) is 6.29. The second-order valence-corrected chi connectivity index (χ2v) is 7.97. The summed E-state index contributed by atoms with van der Waals surface area (Å²) in [5.41, 5.74) is 1.32. The van der Waals surface area contributed by atoms with Gasteiger partial charge in [0.15, 0.2) is 0 Å². The number of ether oxygens (including phenoxy) is 1. The van der Waals surface area contributed by atoms with Crippen molar-refractivity contribution in [3.8, 4) is 5.75 Å². The molecule has 2 aromatic carbocycles. The van der Waals surface area contributed by atoms with E-state index in [1.807, 2.05) is 29.2 Å². The predicted molar refractivity (Wildman–Crippen MR) is 103 cm³/mol. The number of hydrogen-bond donors (Lipinski definition) is 0. The lowest BCUT2D eigenvalue weighted by molar-refractivity contribution is 0.0765. The van der Waals surface area contributed by atoms with E-state index in [-0.39, 0.29) is 17.0 Å². The third kappa shape index (κ3) is 4.18. The van der Waals surface area contributed by atoms with Crippen LogP contribution in [0.3, 0.4) is 0 Å². The van der Waals surface area contributed by atoms with Crippen LogP contribution in [-0.2, 0) is 0 Å². The van der Waals surface area contributed by atoms with Crippen molar-refractivity contribution in [3.63, 3.8) is 0 Å². The molecule has 1 fully saturated rings. The molecule has 1 saturated heterocycles. The van der Waals surface area contributed by atoms with Gasteiger partial charge in [0.1, 0.15) is 11.6 Å². The van der Waals surface area contributed by atoms with Gasteiger partial charge in [-0.15, -0.1) is 0 Å². The van der Waals surface area contributed by atoms with Crippen molar-refractivity contribution in [1.29, 1.82) is 0 Å². The van der Waals surface area contributed by atoms with Gasteiger partial charge < -0.3 is 9.64 Å². The number of carbonyl (C=O) groups is 1.